The molecule has 0 aliphatic heterocycles. The van der Waals surface area contributed by atoms with Crippen LogP contribution in [0, 0.1) is 0 Å². The van der Waals surface area contributed by atoms with Crippen molar-refractivity contribution in [3.05, 3.63) is 47.5 Å². The van der Waals surface area contributed by atoms with Gasteiger partial charge in [0.15, 0.2) is 5.96 Å². The molecule has 0 fully saturated rings. The van der Waals surface area contributed by atoms with E-state index in [2.05, 4.69) is 63.5 Å². The zero-order valence-electron chi connectivity index (χ0n) is 17.6. The maximum absolute atomic E-state index is 5.27. The quantitative estimate of drug-likeness (QED) is 0.323. The molecule has 8 heteroatoms. The number of hydrogen-bond acceptors (Lipinski definition) is 4. The van der Waals surface area contributed by atoms with Crippen LogP contribution in [0.15, 0.2) is 35.6 Å². The van der Waals surface area contributed by atoms with Crippen molar-refractivity contribution in [3.8, 4) is 0 Å². The molecule has 0 saturated heterocycles. The molecule has 3 rings (SSSR count). The molecule has 0 amide bonds. The van der Waals surface area contributed by atoms with E-state index in [1.165, 1.54) is 11.1 Å². The number of fused-ring (bicyclic) bond motifs is 1. The minimum Gasteiger partial charge on any atom is -0.383 e. The Balaban J connectivity index is 0.00000300. The van der Waals surface area contributed by atoms with Gasteiger partial charge >= 0.3 is 0 Å². The zero-order chi connectivity index (χ0) is 19.8. The minimum absolute atomic E-state index is 0. The van der Waals surface area contributed by atoms with E-state index >= 15 is 0 Å². The molecule has 1 aliphatic carbocycles. The number of rotatable bonds is 8. The van der Waals surface area contributed by atoms with Crippen molar-refractivity contribution in [1.29, 1.82) is 0 Å². The van der Waals surface area contributed by atoms with Crippen molar-refractivity contribution < 1.29 is 4.74 Å². The molecule has 2 aromatic rings. The summed E-state index contributed by atoms with van der Waals surface area (Å²) < 4.78 is 7.33. The molecule has 160 valence electrons. The summed E-state index contributed by atoms with van der Waals surface area (Å²) in [4.78, 5) is 4.81. The van der Waals surface area contributed by atoms with Crippen LogP contribution >= 0.6 is 24.0 Å². The van der Waals surface area contributed by atoms with Crippen LogP contribution in [0.2, 0.25) is 0 Å². The Bertz CT molecular complexity index is 778. The monoisotopic (exact) mass is 512 g/mol. The van der Waals surface area contributed by atoms with E-state index in [9.17, 15) is 0 Å². The maximum atomic E-state index is 5.27. The normalized spacial score (nSPS) is 17.2. The molecule has 1 aliphatic rings. The van der Waals surface area contributed by atoms with E-state index in [0.29, 0.717) is 19.2 Å². The third-order valence-corrected chi connectivity index (χ3v) is 5.11. The predicted octanol–water partition coefficient (Wildman–Crippen LogP) is 2.59. The van der Waals surface area contributed by atoms with Gasteiger partial charge in [0.1, 0.15) is 12.2 Å². The zero-order valence-corrected chi connectivity index (χ0v) is 19.9. The first-order valence-electron chi connectivity index (χ1n) is 10.2. The minimum atomic E-state index is 0. The van der Waals surface area contributed by atoms with Gasteiger partial charge in [0.05, 0.1) is 13.2 Å². The second-order valence-electron chi connectivity index (χ2n) is 7.38. The maximum Gasteiger partial charge on any atom is 0.191 e. The molecule has 29 heavy (non-hydrogen) atoms. The fraction of sp³-hybridized carbons (Fsp3) is 0.571. The second-order valence-corrected chi connectivity index (χ2v) is 7.38. The number of aromatic nitrogens is 3. The van der Waals surface area contributed by atoms with Crippen LogP contribution in [0.1, 0.15) is 37.2 Å². The van der Waals surface area contributed by atoms with Crippen molar-refractivity contribution in [2.75, 3.05) is 20.3 Å². The summed E-state index contributed by atoms with van der Waals surface area (Å²) in [6, 6.07) is 9.30. The van der Waals surface area contributed by atoms with E-state index in [0.717, 1.165) is 44.0 Å². The van der Waals surface area contributed by atoms with Crippen LogP contribution in [0.3, 0.4) is 0 Å². The van der Waals surface area contributed by atoms with Crippen LogP contribution < -0.4 is 10.6 Å². The highest BCUT2D eigenvalue weighted by molar-refractivity contribution is 14.0. The lowest BCUT2D eigenvalue weighted by atomic mass is 9.88. The topological polar surface area (TPSA) is 76.4 Å². The lowest BCUT2D eigenvalue weighted by molar-refractivity contribution is 0.178. The summed E-state index contributed by atoms with van der Waals surface area (Å²) in [7, 11) is 1.72. The van der Waals surface area contributed by atoms with Crippen molar-refractivity contribution >= 4 is 29.9 Å². The first kappa shape index (κ1) is 23.6. The molecule has 2 N–H and O–H groups in total. The average Bonchev–Trinajstić information content (AvgIpc) is 3.15. The van der Waals surface area contributed by atoms with Crippen LogP contribution in [0.25, 0.3) is 0 Å². The van der Waals surface area contributed by atoms with E-state index in [1.54, 1.807) is 13.4 Å². The Morgan fingerprint density at radius 1 is 1.34 bits per heavy atom. The summed E-state index contributed by atoms with van der Waals surface area (Å²) in [5.74, 6) is 1.84. The highest BCUT2D eigenvalue weighted by atomic mass is 127. The van der Waals surface area contributed by atoms with E-state index < -0.39 is 0 Å². The summed E-state index contributed by atoms with van der Waals surface area (Å²) in [6.07, 6.45) is 5.90. The number of nitrogens with zero attached hydrogens (tertiary/aromatic N) is 4. The molecule has 2 unspecified atom stereocenters. The molecule has 7 nitrogen and oxygen atoms in total. The lowest BCUT2D eigenvalue weighted by Crippen LogP contribution is -2.49. The average molecular weight is 512 g/mol. The van der Waals surface area contributed by atoms with Crippen LogP contribution in [0.4, 0.5) is 0 Å². The number of ether oxygens (including phenoxy) is 1. The number of halogens is 1. The van der Waals surface area contributed by atoms with Gasteiger partial charge in [-0.15, -0.1) is 34.2 Å². The molecule has 0 spiro atoms. The molecule has 1 aromatic carbocycles. The Hall–Kier alpha value is -1.68. The Morgan fingerprint density at radius 2 is 2.14 bits per heavy atom. The number of benzene rings is 1. The number of nitrogens with one attached hydrogen (secondary N) is 2. The summed E-state index contributed by atoms with van der Waals surface area (Å²) in [5.41, 5.74) is 2.91. The van der Waals surface area contributed by atoms with E-state index in [1.807, 2.05) is 0 Å². The largest absolute Gasteiger partial charge is 0.383 e. The molecular weight excluding hydrogens is 479 g/mol. The third-order valence-electron chi connectivity index (χ3n) is 5.11. The molecule has 1 aromatic heterocycles. The number of guanidine groups is 1. The van der Waals surface area contributed by atoms with Gasteiger partial charge in [-0.3, -0.25) is 4.99 Å². The van der Waals surface area contributed by atoms with Crippen molar-refractivity contribution in [2.24, 2.45) is 4.99 Å². The van der Waals surface area contributed by atoms with Crippen LogP contribution in [-0.2, 0) is 30.5 Å². The standard InChI is InChI=1S/C21H32N6O.HI/c1-4-20-26-23-15-27(20)12-11-22-21(24-16(2)14-28-3)25-19-10-9-17-7-5-6-8-18(17)13-19;/h5-8,15-16,19H,4,9-14H2,1-3H3,(H2,22,24,25);1H. The van der Waals surface area contributed by atoms with Gasteiger partial charge in [0.25, 0.3) is 0 Å². The van der Waals surface area contributed by atoms with Gasteiger partial charge in [-0.25, -0.2) is 0 Å². The van der Waals surface area contributed by atoms with Crippen LogP contribution in [0.5, 0.6) is 0 Å². The molecule has 0 radical (unpaired) electrons. The number of aryl methyl sites for hydroxylation is 2. The van der Waals surface area contributed by atoms with Crippen molar-refractivity contribution in [3.63, 3.8) is 0 Å². The van der Waals surface area contributed by atoms with Gasteiger partial charge in [0.2, 0.25) is 0 Å². The predicted molar refractivity (Wildman–Crippen MR) is 127 cm³/mol. The second kappa shape index (κ2) is 12.1. The summed E-state index contributed by atoms with van der Waals surface area (Å²) in [6.45, 7) is 6.27. The number of aliphatic imine (C=N–C) groups is 1. The highest BCUT2D eigenvalue weighted by Gasteiger charge is 2.19. The SMILES string of the molecule is CCc1nncn1CCN=C(NC(C)COC)NC1CCc2ccccc2C1.I. The molecule has 2 atom stereocenters. The van der Waals surface area contributed by atoms with Crippen molar-refractivity contribution in [2.45, 2.75) is 58.2 Å². The first-order chi connectivity index (χ1) is 13.7. The smallest absolute Gasteiger partial charge is 0.191 e. The third kappa shape index (κ3) is 6.95. The lowest BCUT2D eigenvalue weighted by Gasteiger charge is -2.28. The molecule has 0 saturated carbocycles. The number of hydrogen-bond donors (Lipinski definition) is 2. The van der Waals surface area contributed by atoms with Gasteiger partial charge < -0.3 is 19.9 Å². The fourth-order valence-electron chi connectivity index (χ4n) is 3.68. The fourth-order valence-corrected chi connectivity index (χ4v) is 3.68. The Kier molecular flexibility index (Phi) is 9.86. The van der Waals surface area contributed by atoms with Crippen LogP contribution in [-0.4, -0.2) is 53.1 Å². The highest BCUT2D eigenvalue weighted by Crippen LogP contribution is 2.20. The van der Waals surface area contributed by atoms with Crippen molar-refractivity contribution in [1.82, 2.24) is 25.4 Å². The summed E-state index contributed by atoms with van der Waals surface area (Å²) >= 11 is 0. The Labute approximate surface area is 190 Å². The van der Waals surface area contributed by atoms with Gasteiger partial charge in [-0.05, 0) is 37.3 Å². The summed E-state index contributed by atoms with van der Waals surface area (Å²) in [5, 5.41) is 15.2. The van der Waals surface area contributed by atoms with E-state index in [-0.39, 0.29) is 30.0 Å². The first-order valence-corrected chi connectivity index (χ1v) is 10.2. The van der Waals surface area contributed by atoms with E-state index in [4.69, 9.17) is 9.73 Å². The van der Waals surface area contributed by atoms with Gasteiger partial charge in [0, 0.05) is 32.2 Å². The Morgan fingerprint density at radius 3 is 2.90 bits per heavy atom. The van der Waals surface area contributed by atoms with Gasteiger partial charge in [-0.2, -0.15) is 0 Å². The molecular formula is C21H33IN6O. The molecule has 0 bridgehead atoms. The van der Waals surface area contributed by atoms with Gasteiger partial charge in [-0.1, -0.05) is 31.2 Å². The number of methoxy groups -OCH3 is 1. The molecule has 1 heterocycles.